The van der Waals surface area contributed by atoms with Crippen LogP contribution in [0.2, 0.25) is 0 Å². The van der Waals surface area contributed by atoms with Crippen LogP contribution in [-0.2, 0) is 7.05 Å². The molecule has 1 atom stereocenters. The molecule has 1 unspecified atom stereocenters. The molecule has 0 radical (unpaired) electrons. The van der Waals surface area contributed by atoms with E-state index in [0.717, 1.165) is 6.42 Å². The molecular formula is C12H23ClN4O. The van der Waals surface area contributed by atoms with Crippen molar-refractivity contribution in [1.82, 2.24) is 14.9 Å². The van der Waals surface area contributed by atoms with Crippen molar-refractivity contribution in [2.45, 2.75) is 32.7 Å². The fraction of sp³-hybridized carbons (Fsp3) is 0.667. The van der Waals surface area contributed by atoms with Crippen LogP contribution < -0.4 is 11.1 Å². The van der Waals surface area contributed by atoms with E-state index in [1.165, 1.54) is 0 Å². The summed E-state index contributed by atoms with van der Waals surface area (Å²) in [7, 11) is 1.83. The smallest absolute Gasteiger partial charge is 0.271 e. The van der Waals surface area contributed by atoms with Gasteiger partial charge >= 0.3 is 0 Å². The van der Waals surface area contributed by atoms with Crippen molar-refractivity contribution < 1.29 is 4.79 Å². The van der Waals surface area contributed by atoms with Gasteiger partial charge in [-0.25, -0.2) is 4.98 Å². The Morgan fingerprint density at radius 1 is 1.61 bits per heavy atom. The number of amides is 1. The fourth-order valence-corrected chi connectivity index (χ4v) is 1.95. The number of hydrogen-bond donors (Lipinski definition) is 2. The van der Waals surface area contributed by atoms with Crippen LogP contribution in [0.3, 0.4) is 0 Å². The lowest BCUT2D eigenvalue weighted by atomic mass is 9.90. The summed E-state index contributed by atoms with van der Waals surface area (Å²) in [5, 5.41) is 2.96. The number of nitrogens with zero attached hydrogens (tertiary/aromatic N) is 2. The average molecular weight is 275 g/mol. The zero-order valence-electron chi connectivity index (χ0n) is 11.4. The molecule has 104 valence electrons. The molecule has 3 N–H and O–H groups in total. The van der Waals surface area contributed by atoms with E-state index in [9.17, 15) is 4.79 Å². The lowest BCUT2D eigenvalue weighted by Crippen LogP contribution is -2.52. The van der Waals surface area contributed by atoms with Gasteiger partial charge in [0.25, 0.3) is 5.91 Å². The number of halogens is 1. The quantitative estimate of drug-likeness (QED) is 0.851. The van der Waals surface area contributed by atoms with E-state index in [2.05, 4.69) is 24.1 Å². The van der Waals surface area contributed by atoms with Gasteiger partial charge in [-0.3, -0.25) is 4.79 Å². The topological polar surface area (TPSA) is 72.9 Å². The van der Waals surface area contributed by atoms with Crippen molar-refractivity contribution in [2.24, 2.45) is 18.7 Å². The third-order valence-electron chi connectivity index (χ3n) is 2.66. The number of aromatic nitrogens is 2. The highest BCUT2D eigenvalue weighted by molar-refractivity contribution is 5.92. The molecule has 0 fully saturated rings. The zero-order valence-corrected chi connectivity index (χ0v) is 12.3. The predicted octanol–water partition coefficient (Wildman–Crippen LogP) is 1.34. The summed E-state index contributed by atoms with van der Waals surface area (Å²) in [6, 6.07) is 0. The third-order valence-corrected chi connectivity index (χ3v) is 2.66. The number of carbonyl (C=O) groups is 1. The second kappa shape index (κ2) is 6.75. The maximum Gasteiger partial charge on any atom is 0.271 e. The zero-order chi connectivity index (χ0) is 13.1. The average Bonchev–Trinajstić information content (AvgIpc) is 2.63. The lowest BCUT2D eigenvalue weighted by Gasteiger charge is -2.30. The van der Waals surface area contributed by atoms with Gasteiger partial charge in [-0.2, -0.15) is 0 Å². The minimum Gasteiger partial charge on any atom is -0.344 e. The molecule has 0 aliphatic rings. The SMILES string of the molecule is CC(C)CC(C)(CN)NC(=O)c1cn(C)cn1.Cl. The Balaban J connectivity index is 0.00000289. The molecule has 6 heteroatoms. The van der Waals surface area contributed by atoms with Gasteiger partial charge in [-0.15, -0.1) is 12.4 Å². The number of nitrogens with two attached hydrogens (primary N) is 1. The summed E-state index contributed by atoms with van der Waals surface area (Å²) in [5.74, 6) is 0.312. The van der Waals surface area contributed by atoms with E-state index >= 15 is 0 Å². The van der Waals surface area contributed by atoms with Crippen LogP contribution in [-0.4, -0.2) is 27.5 Å². The summed E-state index contributed by atoms with van der Waals surface area (Å²) >= 11 is 0. The van der Waals surface area contributed by atoms with E-state index in [1.54, 1.807) is 17.1 Å². The predicted molar refractivity (Wildman–Crippen MR) is 74.8 cm³/mol. The molecule has 0 aromatic carbocycles. The number of hydrogen-bond acceptors (Lipinski definition) is 3. The van der Waals surface area contributed by atoms with E-state index in [0.29, 0.717) is 18.2 Å². The van der Waals surface area contributed by atoms with Gasteiger partial charge < -0.3 is 15.6 Å². The minimum absolute atomic E-state index is 0. The maximum atomic E-state index is 12.0. The summed E-state index contributed by atoms with van der Waals surface area (Å²) in [6.45, 7) is 6.61. The second-order valence-electron chi connectivity index (χ2n) is 5.24. The molecule has 0 saturated heterocycles. The highest BCUT2D eigenvalue weighted by Crippen LogP contribution is 2.15. The summed E-state index contributed by atoms with van der Waals surface area (Å²) in [4.78, 5) is 16.0. The van der Waals surface area contributed by atoms with Crippen LogP contribution in [0, 0.1) is 5.92 Å². The Hall–Kier alpha value is -1.07. The third kappa shape index (κ3) is 4.66. The Morgan fingerprint density at radius 2 is 2.22 bits per heavy atom. The first-order valence-electron chi connectivity index (χ1n) is 5.87. The normalized spacial score (nSPS) is 13.9. The summed E-state index contributed by atoms with van der Waals surface area (Å²) in [6.07, 6.45) is 4.15. The Labute approximate surface area is 115 Å². The summed E-state index contributed by atoms with van der Waals surface area (Å²) < 4.78 is 1.75. The molecule has 1 amide bonds. The first-order valence-corrected chi connectivity index (χ1v) is 5.87. The molecule has 1 aromatic rings. The van der Waals surface area contributed by atoms with E-state index in [-0.39, 0.29) is 23.9 Å². The van der Waals surface area contributed by atoms with E-state index in [4.69, 9.17) is 5.73 Å². The molecule has 18 heavy (non-hydrogen) atoms. The number of carbonyl (C=O) groups excluding carboxylic acids is 1. The van der Waals surface area contributed by atoms with Crippen LogP contribution in [0.15, 0.2) is 12.5 Å². The first kappa shape index (κ1) is 16.9. The number of imidazole rings is 1. The van der Waals surface area contributed by atoms with Gasteiger partial charge in [-0.1, -0.05) is 13.8 Å². The molecule has 0 aliphatic carbocycles. The maximum absolute atomic E-state index is 12.0. The molecule has 0 bridgehead atoms. The van der Waals surface area contributed by atoms with E-state index in [1.807, 2.05) is 14.0 Å². The van der Waals surface area contributed by atoms with Crippen molar-refractivity contribution in [3.05, 3.63) is 18.2 Å². The molecule has 0 saturated carbocycles. The Morgan fingerprint density at radius 3 is 2.61 bits per heavy atom. The monoisotopic (exact) mass is 274 g/mol. The molecular weight excluding hydrogens is 252 g/mol. The van der Waals surface area contributed by atoms with Gasteiger partial charge in [0.1, 0.15) is 5.69 Å². The molecule has 5 nitrogen and oxygen atoms in total. The molecule has 0 aliphatic heterocycles. The van der Waals surface area contributed by atoms with Crippen LogP contribution >= 0.6 is 12.4 Å². The molecule has 1 heterocycles. The number of nitrogens with one attached hydrogen (secondary N) is 1. The van der Waals surface area contributed by atoms with Gasteiger partial charge in [-0.05, 0) is 19.3 Å². The lowest BCUT2D eigenvalue weighted by molar-refractivity contribution is 0.0893. The van der Waals surface area contributed by atoms with Gasteiger partial charge in [0.15, 0.2) is 0 Å². The van der Waals surface area contributed by atoms with Crippen molar-refractivity contribution in [3.63, 3.8) is 0 Å². The van der Waals surface area contributed by atoms with Crippen molar-refractivity contribution >= 4 is 18.3 Å². The van der Waals surface area contributed by atoms with Crippen LogP contribution in [0.1, 0.15) is 37.7 Å². The molecule has 0 spiro atoms. The van der Waals surface area contributed by atoms with Crippen molar-refractivity contribution in [2.75, 3.05) is 6.54 Å². The first-order chi connectivity index (χ1) is 7.86. The summed E-state index contributed by atoms with van der Waals surface area (Å²) in [5.41, 5.74) is 5.80. The standard InChI is InChI=1S/C12H22N4O.ClH/c1-9(2)5-12(3,7-13)15-11(17)10-6-16(4)8-14-10;/h6,8-9H,5,7,13H2,1-4H3,(H,15,17);1H. The second-order valence-corrected chi connectivity index (χ2v) is 5.24. The van der Waals surface area contributed by atoms with E-state index < -0.39 is 0 Å². The van der Waals surface area contributed by atoms with Gasteiger partial charge in [0, 0.05) is 19.8 Å². The number of rotatable bonds is 5. The van der Waals surface area contributed by atoms with Crippen LogP contribution in [0.25, 0.3) is 0 Å². The van der Waals surface area contributed by atoms with Crippen LogP contribution in [0.4, 0.5) is 0 Å². The van der Waals surface area contributed by atoms with Crippen LogP contribution in [0.5, 0.6) is 0 Å². The highest BCUT2D eigenvalue weighted by Gasteiger charge is 2.26. The van der Waals surface area contributed by atoms with Gasteiger partial charge in [0.2, 0.25) is 0 Å². The molecule has 1 aromatic heterocycles. The Kier molecular flexibility index (Phi) is 6.35. The minimum atomic E-state index is -0.372. The Bertz CT molecular complexity index is 391. The van der Waals surface area contributed by atoms with Crippen molar-refractivity contribution in [3.8, 4) is 0 Å². The highest BCUT2D eigenvalue weighted by atomic mass is 35.5. The van der Waals surface area contributed by atoms with Gasteiger partial charge in [0.05, 0.1) is 11.9 Å². The molecule has 1 rings (SSSR count). The van der Waals surface area contributed by atoms with Crippen molar-refractivity contribution in [1.29, 1.82) is 0 Å². The largest absolute Gasteiger partial charge is 0.344 e. The fourth-order valence-electron chi connectivity index (χ4n) is 1.95. The number of aryl methyl sites for hydroxylation is 1.